The molecule has 0 aromatic heterocycles. The van der Waals surface area contributed by atoms with Crippen LogP contribution in [-0.2, 0) is 4.79 Å². The molecule has 2 aliphatic heterocycles. The molecular formula is C17H25N3O2. The van der Waals surface area contributed by atoms with Gasteiger partial charge in [0.2, 0.25) is 5.91 Å². The van der Waals surface area contributed by atoms with Crippen molar-refractivity contribution in [1.29, 1.82) is 0 Å². The van der Waals surface area contributed by atoms with Crippen molar-refractivity contribution in [2.24, 2.45) is 0 Å². The monoisotopic (exact) mass is 303 g/mol. The number of nitrogens with one attached hydrogen (secondary N) is 1. The Morgan fingerprint density at radius 3 is 2.59 bits per heavy atom. The second-order valence-corrected chi connectivity index (χ2v) is 6.38. The molecule has 0 spiro atoms. The van der Waals surface area contributed by atoms with Crippen LogP contribution < -0.4 is 10.2 Å². The molecule has 0 saturated carbocycles. The highest BCUT2D eigenvalue weighted by Crippen LogP contribution is 2.24. The number of anilines is 1. The Labute approximate surface area is 131 Å². The number of β-amino-alcohol motifs (C(OH)–C–C–N with tert-alkyl or cyclic N) is 1. The molecule has 2 N–H and O–H groups in total. The molecule has 5 heteroatoms. The number of piperazine rings is 1. The molecule has 0 aliphatic carbocycles. The van der Waals surface area contributed by atoms with E-state index < -0.39 is 0 Å². The molecular weight excluding hydrogens is 278 g/mol. The van der Waals surface area contributed by atoms with Crippen molar-refractivity contribution >= 4 is 11.6 Å². The number of carbonyl (C=O) groups is 1. The second-order valence-electron chi connectivity index (χ2n) is 6.38. The maximum absolute atomic E-state index is 12.4. The third-order valence-corrected chi connectivity index (χ3v) is 4.91. The number of aliphatic hydroxyl groups excluding tert-OH is 1. The minimum atomic E-state index is -0.384. The molecule has 2 atom stereocenters. The van der Waals surface area contributed by atoms with Gasteiger partial charge in [0.05, 0.1) is 12.1 Å². The number of nitrogens with zero attached hydrogens (tertiary/aromatic N) is 2. The number of amides is 1. The smallest absolute Gasteiger partial charge is 0.239 e. The fourth-order valence-electron chi connectivity index (χ4n) is 3.37. The Hall–Kier alpha value is -1.59. The van der Waals surface area contributed by atoms with Crippen molar-refractivity contribution in [2.75, 3.05) is 37.6 Å². The van der Waals surface area contributed by atoms with Crippen molar-refractivity contribution < 1.29 is 9.90 Å². The van der Waals surface area contributed by atoms with E-state index in [1.54, 1.807) is 0 Å². The molecule has 1 aromatic rings. The predicted octanol–water partition coefficient (Wildman–Crippen LogP) is 0.675. The predicted molar refractivity (Wildman–Crippen MR) is 87.1 cm³/mol. The SMILES string of the molecule is Cc1cccc(N2CCN(C(=O)[C@@H]3C[C@H](O)CN3)CC2)c1C. The number of hydrogen-bond acceptors (Lipinski definition) is 4. The average Bonchev–Trinajstić information content (AvgIpc) is 2.96. The van der Waals surface area contributed by atoms with Crippen molar-refractivity contribution in [2.45, 2.75) is 32.4 Å². The second kappa shape index (κ2) is 6.26. The van der Waals surface area contributed by atoms with Crippen LogP contribution in [0.2, 0.25) is 0 Å². The Morgan fingerprint density at radius 1 is 1.23 bits per heavy atom. The molecule has 0 bridgehead atoms. The van der Waals surface area contributed by atoms with Gasteiger partial charge in [-0.05, 0) is 37.5 Å². The molecule has 22 heavy (non-hydrogen) atoms. The lowest BCUT2D eigenvalue weighted by molar-refractivity contribution is -0.133. The van der Waals surface area contributed by atoms with Gasteiger partial charge in [-0.3, -0.25) is 4.79 Å². The van der Waals surface area contributed by atoms with Crippen LogP contribution in [-0.4, -0.2) is 60.8 Å². The van der Waals surface area contributed by atoms with Crippen LogP contribution in [0.1, 0.15) is 17.5 Å². The first-order chi connectivity index (χ1) is 10.6. The van der Waals surface area contributed by atoms with Crippen LogP contribution in [0.25, 0.3) is 0 Å². The highest BCUT2D eigenvalue weighted by atomic mass is 16.3. The van der Waals surface area contributed by atoms with E-state index in [0.717, 1.165) is 26.2 Å². The molecule has 0 radical (unpaired) electrons. The molecule has 3 rings (SSSR count). The zero-order chi connectivity index (χ0) is 15.7. The highest BCUT2D eigenvalue weighted by Gasteiger charge is 2.32. The minimum absolute atomic E-state index is 0.136. The molecule has 2 fully saturated rings. The van der Waals surface area contributed by atoms with Gasteiger partial charge < -0.3 is 20.2 Å². The van der Waals surface area contributed by atoms with E-state index in [0.29, 0.717) is 13.0 Å². The van der Waals surface area contributed by atoms with Gasteiger partial charge in [-0.2, -0.15) is 0 Å². The molecule has 2 heterocycles. The lowest BCUT2D eigenvalue weighted by Gasteiger charge is -2.38. The molecule has 0 unspecified atom stereocenters. The van der Waals surface area contributed by atoms with Gasteiger partial charge in [-0.25, -0.2) is 0 Å². The Bertz CT molecular complexity index is 553. The summed E-state index contributed by atoms with van der Waals surface area (Å²) >= 11 is 0. The van der Waals surface area contributed by atoms with Crippen molar-refractivity contribution in [3.8, 4) is 0 Å². The number of rotatable bonds is 2. The number of benzene rings is 1. The lowest BCUT2D eigenvalue weighted by atomic mass is 10.1. The number of aliphatic hydroxyl groups is 1. The summed E-state index contributed by atoms with van der Waals surface area (Å²) in [6.45, 7) is 8.05. The third kappa shape index (κ3) is 2.96. The first kappa shape index (κ1) is 15.3. The number of hydrogen-bond donors (Lipinski definition) is 2. The molecule has 5 nitrogen and oxygen atoms in total. The zero-order valence-electron chi connectivity index (χ0n) is 13.4. The van der Waals surface area contributed by atoms with Gasteiger partial charge in [0.1, 0.15) is 0 Å². The summed E-state index contributed by atoms with van der Waals surface area (Å²) in [4.78, 5) is 16.7. The first-order valence-electron chi connectivity index (χ1n) is 8.07. The van der Waals surface area contributed by atoms with Gasteiger partial charge in [-0.1, -0.05) is 12.1 Å². The third-order valence-electron chi connectivity index (χ3n) is 4.91. The Kier molecular flexibility index (Phi) is 4.36. The molecule has 2 saturated heterocycles. The average molecular weight is 303 g/mol. The van der Waals surface area contributed by atoms with E-state index in [1.165, 1.54) is 16.8 Å². The van der Waals surface area contributed by atoms with E-state index in [4.69, 9.17) is 0 Å². The molecule has 2 aliphatic rings. The summed E-state index contributed by atoms with van der Waals surface area (Å²) in [6, 6.07) is 6.19. The van der Waals surface area contributed by atoms with Crippen LogP contribution in [0.3, 0.4) is 0 Å². The molecule has 1 aromatic carbocycles. The lowest BCUT2D eigenvalue weighted by Crippen LogP contribution is -2.53. The normalized spacial score (nSPS) is 25.6. The largest absolute Gasteiger partial charge is 0.392 e. The van der Waals surface area contributed by atoms with Crippen LogP contribution in [0.5, 0.6) is 0 Å². The summed E-state index contributed by atoms with van der Waals surface area (Å²) in [7, 11) is 0. The van der Waals surface area contributed by atoms with Crippen molar-refractivity contribution in [3.63, 3.8) is 0 Å². The van der Waals surface area contributed by atoms with Gasteiger partial charge >= 0.3 is 0 Å². The number of aryl methyl sites for hydroxylation is 1. The van der Waals surface area contributed by atoms with E-state index in [1.807, 2.05) is 4.90 Å². The zero-order valence-corrected chi connectivity index (χ0v) is 13.4. The van der Waals surface area contributed by atoms with Gasteiger partial charge in [0, 0.05) is 38.4 Å². The van der Waals surface area contributed by atoms with Crippen LogP contribution in [0, 0.1) is 13.8 Å². The minimum Gasteiger partial charge on any atom is -0.392 e. The summed E-state index contributed by atoms with van der Waals surface area (Å²) in [5.41, 5.74) is 3.91. The Balaban J connectivity index is 1.60. The van der Waals surface area contributed by atoms with Crippen LogP contribution in [0.4, 0.5) is 5.69 Å². The highest BCUT2D eigenvalue weighted by molar-refractivity contribution is 5.82. The van der Waals surface area contributed by atoms with Gasteiger partial charge in [0.25, 0.3) is 0 Å². The van der Waals surface area contributed by atoms with E-state index in [2.05, 4.69) is 42.3 Å². The van der Waals surface area contributed by atoms with E-state index in [-0.39, 0.29) is 18.1 Å². The number of carbonyl (C=O) groups excluding carboxylic acids is 1. The fraction of sp³-hybridized carbons (Fsp3) is 0.588. The van der Waals surface area contributed by atoms with E-state index >= 15 is 0 Å². The quantitative estimate of drug-likeness (QED) is 0.843. The van der Waals surface area contributed by atoms with Gasteiger partial charge in [0.15, 0.2) is 0 Å². The van der Waals surface area contributed by atoms with Crippen LogP contribution in [0.15, 0.2) is 18.2 Å². The summed E-state index contributed by atoms with van der Waals surface area (Å²) < 4.78 is 0. The summed E-state index contributed by atoms with van der Waals surface area (Å²) in [5.74, 6) is 0.136. The van der Waals surface area contributed by atoms with E-state index in [9.17, 15) is 9.90 Å². The first-order valence-corrected chi connectivity index (χ1v) is 8.07. The molecule has 1 amide bonds. The summed E-state index contributed by atoms with van der Waals surface area (Å²) in [6.07, 6.45) is 0.154. The van der Waals surface area contributed by atoms with Crippen LogP contribution >= 0.6 is 0 Å². The fourth-order valence-corrected chi connectivity index (χ4v) is 3.37. The van der Waals surface area contributed by atoms with Crippen molar-refractivity contribution in [3.05, 3.63) is 29.3 Å². The maximum atomic E-state index is 12.4. The molecule has 120 valence electrons. The standard InChI is InChI=1S/C17H25N3O2/c1-12-4-3-5-16(13(12)2)19-6-8-20(9-7-19)17(22)15-10-14(21)11-18-15/h3-5,14-15,18,21H,6-11H2,1-2H3/t14-,15-/m0/s1. The van der Waals surface area contributed by atoms with Crippen molar-refractivity contribution in [1.82, 2.24) is 10.2 Å². The Morgan fingerprint density at radius 2 is 1.95 bits per heavy atom. The maximum Gasteiger partial charge on any atom is 0.239 e. The van der Waals surface area contributed by atoms with Gasteiger partial charge in [-0.15, -0.1) is 0 Å². The summed E-state index contributed by atoms with van der Waals surface area (Å²) in [5, 5.41) is 12.7. The topological polar surface area (TPSA) is 55.8 Å².